The number of nitro groups is 1. The molecule has 6 nitrogen and oxygen atoms in total. The SMILES string of the molecule is CCN(CC(=O)N(C)C)c1cccc(Cl)c1[N+](=O)[O-]. The van der Waals surface area contributed by atoms with E-state index < -0.39 is 4.92 Å². The minimum absolute atomic E-state index is 0.0678. The fourth-order valence-corrected chi connectivity index (χ4v) is 1.85. The summed E-state index contributed by atoms with van der Waals surface area (Å²) >= 11 is 5.86. The monoisotopic (exact) mass is 285 g/mol. The van der Waals surface area contributed by atoms with Crippen LogP contribution in [-0.2, 0) is 4.79 Å². The lowest BCUT2D eigenvalue weighted by atomic mass is 10.2. The Morgan fingerprint density at radius 2 is 2.05 bits per heavy atom. The van der Waals surface area contributed by atoms with E-state index in [1.54, 1.807) is 31.1 Å². The van der Waals surface area contributed by atoms with Gasteiger partial charge >= 0.3 is 5.69 Å². The van der Waals surface area contributed by atoms with E-state index in [1.807, 2.05) is 6.92 Å². The quantitative estimate of drug-likeness (QED) is 0.614. The summed E-state index contributed by atoms with van der Waals surface area (Å²) in [6.07, 6.45) is 0. The fourth-order valence-electron chi connectivity index (χ4n) is 1.61. The van der Waals surface area contributed by atoms with E-state index in [9.17, 15) is 14.9 Å². The number of halogens is 1. The van der Waals surface area contributed by atoms with Crippen LogP contribution in [0.3, 0.4) is 0 Å². The Morgan fingerprint density at radius 1 is 1.42 bits per heavy atom. The first kappa shape index (κ1) is 15.2. The molecule has 0 saturated heterocycles. The van der Waals surface area contributed by atoms with Crippen molar-refractivity contribution in [1.29, 1.82) is 0 Å². The molecule has 7 heteroatoms. The number of nitrogens with zero attached hydrogens (tertiary/aromatic N) is 3. The van der Waals surface area contributed by atoms with Crippen LogP contribution in [0.15, 0.2) is 18.2 Å². The van der Waals surface area contributed by atoms with Crippen LogP contribution in [0, 0.1) is 10.1 Å². The van der Waals surface area contributed by atoms with Crippen molar-refractivity contribution < 1.29 is 9.72 Å². The highest BCUT2D eigenvalue weighted by molar-refractivity contribution is 6.33. The third-order valence-electron chi connectivity index (χ3n) is 2.70. The molecule has 0 aliphatic rings. The summed E-state index contributed by atoms with van der Waals surface area (Å²) < 4.78 is 0. The minimum atomic E-state index is -0.527. The molecule has 0 heterocycles. The predicted octanol–water partition coefficient (Wildman–Crippen LogP) is 2.16. The highest BCUT2D eigenvalue weighted by atomic mass is 35.5. The van der Waals surface area contributed by atoms with Gasteiger partial charge in [0, 0.05) is 20.6 Å². The van der Waals surface area contributed by atoms with Gasteiger partial charge in [0.05, 0.1) is 11.5 Å². The van der Waals surface area contributed by atoms with Crippen LogP contribution in [0.2, 0.25) is 5.02 Å². The van der Waals surface area contributed by atoms with Crippen molar-refractivity contribution in [3.63, 3.8) is 0 Å². The van der Waals surface area contributed by atoms with Crippen molar-refractivity contribution in [1.82, 2.24) is 4.90 Å². The number of anilines is 1. The Labute approximate surface area is 116 Å². The van der Waals surface area contributed by atoms with Gasteiger partial charge < -0.3 is 9.80 Å². The van der Waals surface area contributed by atoms with Crippen LogP contribution in [0.4, 0.5) is 11.4 Å². The highest BCUT2D eigenvalue weighted by Gasteiger charge is 2.23. The van der Waals surface area contributed by atoms with Crippen molar-refractivity contribution in [2.75, 3.05) is 32.1 Å². The van der Waals surface area contributed by atoms with Gasteiger partial charge in [-0.1, -0.05) is 17.7 Å². The van der Waals surface area contributed by atoms with Crippen molar-refractivity contribution >= 4 is 28.9 Å². The first-order chi connectivity index (χ1) is 8.88. The average molecular weight is 286 g/mol. The second-order valence-electron chi connectivity index (χ2n) is 4.17. The number of likely N-dealkylation sites (N-methyl/N-ethyl adjacent to an activating group) is 2. The Hall–Kier alpha value is -1.82. The Balaban J connectivity index is 3.15. The maximum Gasteiger partial charge on any atom is 0.310 e. The van der Waals surface area contributed by atoms with Crippen LogP contribution >= 0.6 is 11.6 Å². The van der Waals surface area contributed by atoms with Crippen molar-refractivity contribution in [3.05, 3.63) is 33.3 Å². The summed E-state index contributed by atoms with van der Waals surface area (Å²) in [5.74, 6) is -0.129. The largest absolute Gasteiger partial charge is 0.357 e. The van der Waals surface area contributed by atoms with Crippen LogP contribution < -0.4 is 4.90 Å². The maximum absolute atomic E-state index is 11.7. The molecule has 0 aliphatic carbocycles. The van der Waals surface area contributed by atoms with Gasteiger partial charge in [0.25, 0.3) is 0 Å². The Kier molecular flexibility index (Phi) is 5.11. The highest BCUT2D eigenvalue weighted by Crippen LogP contribution is 2.34. The zero-order chi connectivity index (χ0) is 14.6. The van der Waals surface area contributed by atoms with Crippen LogP contribution in [0.25, 0.3) is 0 Å². The molecule has 1 amide bonds. The summed E-state index contributed by atoms with van der Waals surface area (Å²) in [5.41, 5.74) is 0.188. The third-order valence-corrected chi connectivity index (χ3v) is 3.00. The molecular formula is C12H16ClN3O3. The maximum atomic E-state index is 11.7. The molecular weight excluding hydrogens is 270 g/mol. The van der Waals surface area contributed by atoms with Gasteiger partial charge in [0.15, 0.2) is 0 Å². The average Bonchev–Trinajstić information content (AvgIpc) is 2.34. The van der Waals surface area contributed by atoms with Crippen LogP contribution in [0.5, 0.6) is 0 Å². The molecule has 1 aromatic rings. The summed E-state index contributed by atoms with van der Waals surface area (Å²) in [4.78, 5) is 25.4. The fraction of sp³-hybridized carbons (Fsp3) is 0.417. The lowest BCUT2D eigenvalue weighted by Gasteiger charge is -2.24. The molecule has 0 spiro atoms. The first-order valence-electron chi connectivity index (χ1n) is 5.76. The molecule has 0 fully saturated rings. The summed E-state index contributed by atoms with van der Waals surface area (Å²) in [7, 11) is 3.28. The summed E-state index contributed by atoms with van der Waals surface area (Å²) in [6, 6.07) is 4.69. The van der Waals surface area contributed by atoms with E-state index in [0.717, 1.165) is 0 Å². The van der Waals surface area contributed by atoms with Crippen LogP contribution in [-0.4, -0.2) is 42.9 Å². The van der Waals surface area contributed by atoms with E-state index in [1.165, 1.54) is 11.0 Å². The predicted molar refractivity (Wildman–Crippen MR) is 74.7 cm³/mol. The first-order valence-corrected chi connectivity index (χ1v) is 6.14. The molecule has 0 saturated carbocycles. The second kappa shape index (κ2) is 6.38. The number of amides is 1. The molecule has 19 heavy (non-hydrogen) atoms. The van der Waals surface area contributed by atoms with E-state index in [-0.39, 0.29) is 23.2 Å². The molecule has 0 unspecified atom stereocenters. The van der Waals surface area contributed by atoms with E-state index >= 15 is 0 Å². The number of nitro benzene ring substituents is 1. The van der Waals surface area contributed by atoms with Gasteiger partial charge in [-0.15, -0.1) is 0 Å². The molecule has 0 N–H and O–H groups in total. The zero-order valence-corrected chi connectivity index (χ0v) is 11.8. The van der Waals surface area contributed by atoms with Gasteiger partial charge in [-0.05, 0) is 19.1 Å². The van der Waals surface area contributed by atoms with Gasteiger partial charge in [0.2, 0.25) is 5.91 Å². The van der Waals surface area contributed by atoms with Gasteiger partial charge in [-0.3, -0.25) is 14.9 Å². The van der Waals surface area contributed by atoms with Gasteiger partial charge in [-0.2, -0.15) is 0 Å². The smallest absolute Gasteiger partial charge is 0.310 e. The molecule has 0 aliphatic heterocycles. The summed E-state index contributed by atoms with van der Waals surface area (Å²) in [5, 5.41) is 11.1. The van der Waals surface area contributed by atoms with E-state index in [2.05, 4.69) is 0 Å². The van der Waals surface area contributed by atoms with Gasteiger partial charge in [0.1, 0.15) is 10.7 Å². The number of carbonyl (C=O) groups excluding carboxylic acids is 1. The molecule has 0 atom stereocenters. The van der Waals surface area contributed by atoms with Crippen molar-refractivity contribution in [2.24, 2.45) is 0 Å². The standard InChI is InChI=1S/C12H16ClN3O3/c1-4-15(8-11(17)14(2)3)10-7-5-6-9(13)12(10)16(18)19/h5-7H,4,8H2,1-3H3. The van der Waals surface area contributed by atoms with Crippen molar-refractivity contribution in [2.45, 2.75) is 6.92 Å². The molecule has 0 aromatic heterocycles. The second-order valence-corrected chi connectivity index (χ2v) is 4.57. The molecule has 1 rings (SSSR count). The number of hydrogen-bond donors (Lipinski definition) is 0. The molecule has 0 radical (unpaired) electrons. The minimum Gasteiger partial charge on any atom is -0.357 e. The van der Waals surface area contributed by atoms with Gasteiger partial charge in [-0.25, -0.2) is 0 Å². The number of para-hydroxylation sites is 1. The summed E-state index contributed by atoms with van der Waals surface area (Å²) in [6.45, 7) is 2.37. The van der Waals surface area contributed by atoms with Crippen LogP contribution in [0.1, 0.15) is 6.92 Å². The lowest BCUT2D eigenvalue weighted by Crippen LogP contribution is -2.36. The van der Waals surface area contributed by atoms with E-state index in [0.29, 0.717) is 12.2 Å². The number of rotatable bonds is 5. The lowest BCUT2D eigenvalue weighted by molar-refractivity contribution is -0.384. The number of carbonyl (C=O) groups is 1. The molecule has 0 bridgehead atoms. The Bertz CT molecular complexity index is 491. The number of hydrogen-bond acceptors (Lipinski definition) is 4. The third kappa shape index (κ3) is 3.57. The molecule has 104 valence electrons. The molecule has 1 aromatic carbocycles. The zero-order valence-electron chi connectivity index (χ0n) is 11.1. The van der Waals surface area contributed by atoms with E-state index in [4.69, 9.17) is 11.6 Å². The number of benzene rings is 1. The Morgan fingerprint density at radius 3 is 2.53 bits per heavy atom. The topological polar surface area (TPSA) is 66.7 Å². The van der Waals surface area contributed by atoms with Crippen molar-refractivity contribution in [3.8, 4) is 0 Å². The normalized spacial score (nSPS) is 10.1.